The maximum absolute atomic E-state index is 11.7. The van der Waals surface area contributed by atoms with Crippen molar-refractivity contribution >= 4 is 11.7 Å². The quantitative estimate of drug-likeness (QED) is 0.649. The molecule has 1 saturated heterocycles. The molecule has 0 unspecified atom stereocenters. The van der Waals surface area contributed by atoms with Gasteiger partial charge >= 0.3 is 0 Å². The van der Waals surface area contributed by atoms with E-state index in [0.29, 0.717) is 5.82 Å². The van der Waals surface area contributed by atoms with E-state index in [1.54, 1.807) is 0 Å². The zero-order valence-electron chi connectivity index (χ0n) is 8.82. The predicted molar refractivity (Wildman–Crippen MR) is 59.1 cm³/mol. The fourth-order valence-corrected chi connectivity index (χ4v) is 1.70. The van der Waals surface area contributed by atoms with Crippen molar-refractivity contribution < 1.29 is 4.79 Å². The predicted octanol–water partition coefficient (Wildman–Crippen LogP) is -0.150. The molecule has 3 N–H and O–H groups in total. The fourth-order valence-electron chi connectivity index (χ4n) is 1.70. The van der Waals surface area contributed by atoms with E-state index in [0.717, 1.165) is 25.8 Å². The molecule has 0 saturated carbocycles. The van der Waals surface area contributed by atoms with Crippen LogP contribution in [-0.2, 0) is 4.79 Å². The highest BCUT2D eigenvalue weighted by Gasteiger charge is 2.20. The normalized spacial score (nSPS) is 20.4. The third-order valence-electron chi connectivity index (χ3n) is 2.56. The Morgan fingerprint density at radius 3 is 2.94 bits per heavy atom. The van der Waals surface area contributed by atoms with Crippen LogP contribution in [0.4, 0.5) is 5.82 Å². The average molecular weight is 222 g/mol. The molecule has 0 aliphatic carbocycles. The lowest BCUT2D eigenvalue weighted by molar-refractivity contribution is -0.118. The van der Waals surface area contributed by atoms with Crippen LogP contribution < -0.4 is 16.2 Å². The van der Waals surface area contributed by atoms with Crippen molar-refractivity contribution in [1.82, 2.24) is 15.5 Å². The Balaban J connectivity index is 1.95. The van der Waals surface area contributed by atoms with E-state index in [2.05, 4.69) is 20.8 Å². The number of hydrogen-bond donors (Lipinski definition) is 3. The van der Waals surface area contributed by atoms with Crippen LogP contribution in [0.2, 0.25) is 0 Å². The highest BCUT2D eigenvalue weighted by Crippen LogP contribution is 2.08. The number of amides is 1. The topological polar surface area (TPSA) is 86.9 Å². The van der Waals surface area contributed by atoms with Crippen molar-refractivity contribution in [3.63, 3.8) is 0 Å². The summed E-state index contributed by atoms with van der Waals surface area (Å²) in [4.78, 5) is 22.5. The van der Waals surface area contributed by atoms with E-state index < -0.39 is 0 Å². The van der Waals surface area contributed by atoms with Gasteiger partial charge in [-0.2, -0.15) is 5.10 Å². The van der Waals surface area contributed by atoms with Gasteiger partial charge in [0.05, 0.1) is 6.04 Å². The molecular formula is C10H14N4O2. The van der Waals surface area contributed by atoms with Gasteiger partial charge in [-0.3, -0.25) is 9.59 Å². The Morgan fingerprint density at radius 2 is 2.31 bits per heavy atom. The number of carbonyl (C=O) groups is 1. The molecule has 16 heavy (non-hydrogen) atoms. The van der Waals surface area contributed by atoms with Crippen molar-refractivity contribution in [2.24, 2.45) is 0 Å². The first kappa shape index (κ1) is 10.8. The molecule has 86 valence electrons. The number of nitrogens with zero attached hydrogens (tertiary/aromatic N) is 1. The average Bonchev–Trinajstić information content (AvgIpc) is 2.33. The molecule has 0 radical (unpaired) electrons. The van der Waals surface area contributed by atoms with E-state index in [4.69, 9.17) is 0 Å². The van der Waals surface area contributed by atoms with Crippen LogP contribution in [-0.4, -0.2) is 28.7 Å². The Kier molecular flexibility index (Phi) is 3.31. The van der Waals surface area contributed by atoms with Crippen LogP contribution in [0.15, 0.2) is 16.9 Å². The second kappa shape index (κ2) is 4.89. The summed E-state index contributed by atoms with van der Waals surface area (Å²) in [7, 11) is 0. The highest BCUT2D eigenvalue weighted by atomic mass is 16.2. The lowest BCUT2D eigenvalue weighted by Crippen LogP contribution is -2.43. The highest BCUT2D eigenvalue weighted by molar-refractivity contribution is 5.93. The molecule has 2 rings (SSSR count). The van der Waals surface area contributed by atoms with Gasteiger partial charge in [0.25, 0.3) is 5.56 Å². The lowest BCUT2D eigenvalue weighted by Gasteiger charge is -2.22. The van der Waals surface area contributed by atoms with E-state index in [9.17, 15) is 9.59 Å². The van der Waals surface area contributed by atoms with Crippen LogP contribution >= 0.6 is 0 Å². The SMILES string of the molecule is O=C(Nc1ccc(=O)[nH]n1)[C@@H]1CCCCN1. The van der Waals surface area contributed by atoms with Gasteiger partial charge in [0.15, 0.2) is 5.82 Å². The Labute approximate surface area is 92.4 Å². The molecule has 6 nitrogen and oxygen atoms in total. The number of anilines is 1. The van der Waals surface area contributed by atoms with Crippen LogP contribution in [0.3, 0.4) is 0 Å². The molecule has 6 heteroatoms. The smallest absolute Gasteiger partial charge is 0.264 e. The van der Waals surface area contributed by atoms with Crippen LogP contribution in [0.5, 0.6) is 0 Å². The first-order valence-electron chi connectivity index (χ1n) is 5.36. The van der Waals surface area contributed by atoms with Gasteiger partial charge in [-0.1, -0.05) is 6.42 Å². The summed E-state index contributed by atoms with van der Waals surface area (Å²) in [5, 5.41) is 11.8. The Bertz CT molecular complexity index is 403. The van der Waals surface area contributed by atoms with Gasteiger partial charge in [0, 0.05) is 6.07 Å². The summed E-state index contributed by atoms with van der Waals surface area (Å²) < 4.78 is 0. The second-order valence-corrected chi connectivity index (χ2v) is 3.80. The summed E-state index contributed by atoms with van der Waals surface area (Å²) in [5.41, 5.74) is -0.284. The number of piperidine rings is 1. The van der Waals surface area contributed by atoms with Crippen molar-refractivity contribution in [2.75, 3.05) is 11.9 Å². The first-order valence-corrected chi connectivity index (χ1v) is 5.36. The summed E-state index contributed by atoms with van der Waals surface area (Å²) >= 11 is 0. The van der Waals surface area contributed by atoms with Gasteiger partial charge in [-0.15, -0.1) is 0 Å². The molecule has 1 aliphatic rings. The van der Waals surface area contributed by atoms with Gasteiger partial charge in [-0.05, 0) is 25.5 Å². The number of rotatable bonds is 2. The maximum Gasteiger partial charge on any atom is 0.264 e. The summed E-state index contributed by atoms with van der Waals surface area (Å²) in [6, 6.07) is 2.67. The minimum Gasteiger partial charge on any atom is -0.308 e. The monoisotopic (exact) mass is 222 g/mol. The lowest BCUT2D eigenvalue weighted by atomic mass is 10.0. The number of aromatic amines is 1. The Morgan fingerprint density at radius 1 is 1.44 bits per heavy atom. The fraction of sp³-hybridized carbons (Fsp3) is 0.500. The van der Waals surface area contributed by atoms with Gasteiger partial charge in [0.1, 0.15) is 0 Å². The van der Waals surface area contributed by atoms with E-state index >= 15 is 0 Å². The molecule has 0 aromatic carbocycles. The molecular weight excluding hydrogens is 208 g/mol. The van der Waals surface area contributed by atoms with Gasteiger partial charge in [0.2, 0.25) is 5.91 Å². The number of nitrogens with one attached hydrogen (secondary N) is 3. The third kappa shape index (κ3) is 2.66. The van der Waals surface area contributed by atoms with Crippen LogP contribution in [0.25, 0.3) is 0 Å². The standard InChI is InChI=1S/C10H14N4O2/c15-9-5-4-8(13-14-9)12-10(16)7-3-1-2-6-11-7/h4-5,7,11H,1-3,6H2,(H,14,15)(H,12,13,16)/t7-/m0/s1. The van der Waals surface area contributed by atoms with Crippen molar-refractivity contribution in [1.29, 1.82) is 0 Å². The van der Waals surface area contributed by atoms with Crippen molar-refractivity contribution in [3.05, 3.63) is 22.5 Å². The van der Waals surface area contributed by atoms with E-state index in [1.165, 1.54) is 12.1 Å². The number of hydrogen-bond acceptors (Lipinski definition) is 4. The molecule has 1 fully saturated rings. The molecule has 0 bridgehead atoms. The minimum atomic E-state index is -0.284. The zero-order chi connectivity index (χ0) is 11.4. The molecule has 1 aliphatic heterocycles. The molecule has 1 aromatic heterocycles. The number of carbonyl (C=O) groups excluding carboxylic acids is 1. The summed E-state index contributed by atoms with van der Waals surface area (Å²) in [6.07, 6.45) is 3.01. The number of aromatic nitrogens is 2. The second-order valence-electron chi connectivity index (χ2n) is 3.80. The molecule has 1 aromatic rings. The summed E-state index contributed by atoms with van der Waals surface area (Å²) in [6.45, 7) is 0.872. The van der Waals surface area contributed by atoms with Crippen molar-refractivity contribution in [3.8, 4) is 0 Å². The molecule has 1 amide bonds. The molecule has 0 spiro atoms. The van der Waals surface area contributed by atoms with Gasteiger partial charge < -0.3 is 10.6 Å². The van der Waals surface area contributed by atoms with Crippen molar-refractivity contribution in [2.45, 2.75) is 25.3 Å². The zero-order valence-corrected chi connectivity index (χ0v) is 8.82. The first-order chi connectivity index (χ1) is 7.75. The summed E-state index contributed by atoms with van der Waals surface area (Å²) in [5.74, 6) is 0.274. The van der Waals surface area contributed by atoms with Gasteiger partial charge in [-0.25, -0.2) is 5.10 Å². The van der Waals surface area contributed by atoms with E-state index in [1.807, 2.05) is 0 Å². The maximum atomic E-state index is 11.7. The third-order valence-corrected chi connectivity index (χ3v) is 2.56. The number of H-pyrrole nitrogens is 1. The Hall–Kier alpha value is -1.69. The van der Waals surface area contributed by atoms with Crippen LogP contribution in [0.1, 0.15) is 19.3 Å². The minimum absolute atomic E-state index is 0.0979. The van der Waals surface area contributed by atoms with E-state index in [-0.39, 0.29) is 17.5 Å². The molecule has 1 atom stereocenters. The van der Waals surface area contributed by atoms with Crippen LogP contribution in [0, 0.1) is 0 Å². The molecule has 2 heterocycles. The largest absolute Gasteiger partial charge is 0.308 e.